The second-order valence-electron chi connectivity index (χ2n) is 14.6. The lowest BCUT2D eigenvalue weighted by molar-refractivity contribution is -0.384. The third-order valence-electron chi connectivity index (χ3n) is 11.0. The molecule has 1 aromatic heterocycles. The summed E-state index contributed by atoms with van der Waals surface area (Å²) >= 11 is 0. The first-order chi connectivity index (χ1) is 26.7. The van der Waals surface area contributed by atoms with E-state index in [-0.39, 0.29) is 33.3 Å². The Bertz CT molecular complexity index is 1970. The lowest BCUT2D eigenvalue weighted by Crippen LogP contribution is -2.43. The number of benzene rings is 3. The van der Waals surface area contributed by atoms with E-state index in [1.807, 2.05) is 6.92 Å². The number of nitrogens with two attached hydrogens (primary N) is 1. The van der Waals surface area contributed by atoms with Crippen LogP contribution in [0.2, 0.25) is 0 Å². The van der Waals surface area contributed by atoms with Crippen LogP contribution in [0.3, 0.4) is 0 Å². The summed E-state index contributed by atoms with van der Waals surface area (Å²) in [5, 5.41) is 23.7. The minimum atomic E-state index is -0.888. The number of hydrogen-bond donors (Lipinski definition) is 2. The second-order valence-corrected chi connectivity index (χ2v) is 14.6. The third kappa shape index (κ3) is 10.2. The predicted molar refractivity (Wildman–Crippen MR) is 218 cm³/mol. The molecule has 0 aliphatic carbocycles. The fourth-order valence-electron chi connectivity index (χ4n) is 8.15. The van der Waals surface area contributed by atoms with Crippen LogP contribution in [0.4, 0.5) is 5.69 Å². The van der Waals surface area contributed by atoms with Gasteiger partial charge in [0, 0.05) is 40.4 Å². The Morgan fingerprint density at radius 3 is 2.04 bits per heavy atom. The number of nitrogens with zero attached hydrogens (tertiary/aromatic N) is 3. The van der Waals surface area contributed by atoms with E-state index in [9.17, 15) is 20.0 Å². The SMILES string of the molecule is CCOC(C)=c1nc(C)c(=C(O)CCCCCCCCCCN2CCC(c3ccccc3)(c3ccccc3)CC2)c(-c2cccc([N+](=O)[O-])c2)c1C(=O)ON. The third-order valence-corrected chi connectivity index (χ3v) is 11.0. The normalized spacial score (nSPS) is 15.3. The standard InChI is InChI=1S/C45H56N4O6/c1-4-54-34(3)43-42(44(51)55-46)41(35-20-19-25-38(32-35)49(52)53)40(33(2)47-43)39(50)26-17-9-7-5-6-8-10-18-29-48-30-27-45(28-31-48,36-21-13-11-14-22-36)37-23-15-12-16-24-37/h11-16,19-25,32,50H,4-10,17-18,26-31,46H2,1-3H3. The Labute approximate surface area is 324 Å². The number of nitro groups is 1. The number of hydrogen-bond acceptors (Lipinski definition) is 9. The topological polar surface area (TPSA) is 141 Å². The van der Waals surface area contributed by atoms with Crippen LogP contribution in [0.25, 0.3) is 22.6 Å². The molecule has 0 spiro atoms. The van der Waals surface area contributed by atoms with Crippen molar-refractivity contribution in [3.8, 4) is 11.1 Å². The monoisotopic (exact) mass is 748 g/mol. The number of piperidine rings is 1. The first-order valence-corrected chi connectivity index (χ1v) is 19.8. The molecule has 0 bridgehead atoms. The molecule has 1 aliphatic rings. The van der Waals surface area contributed by atoms with Crippen molar-refractivity contribution in [3.63, 3.8) is 0 Å². The number of aromatic nitrogens is 1. The number of likely N-dealkylation sites (tertiary alicyclic amines) is 1. The summed E-state index contributed by atoms with van der Waals surface area (Å²) in [7, 11) is 0. The highest BCUT2D eigenvalue weighted by Crippen LogP contribution is 2.41. The van der Waals surface area contributed by atoms with Crippen molar-refractivity contribution in [2.24, 2.45) is 5.90 Å². The van der Waals surface area contributed by atoms with E-state index < -0.39 is 10.9 Å². The summed E-state index contributed by atoms with van der Waals surface area (Å²) in [6.07, 6.45) is 11.3. The van der Waals surface area contributed by atoms with Crippen LogP contribution in [0.15, 0.2) is 84.9 Å². The number of pyridine rings is 1. The van der Waals surface area contributed by atoms with Gasteiger partial charge in [-0.3, -0.25) is 10.1 Å². The average Bonchev–Trinajstić information content (AvgIpc) is 3.21. The van der Waals surface area contributed by atoms with Crippen LogP contribution in [-0.4, -0.2) is 52.1 Å². The Morgan fingerprint density at radius 2 is 1.47 bits per heavy atom. The molecular weight excluding hydrogens is 693 g/mol. The fraction of sp³-hybridized carbons (Fsp3) is 0.422. The van der Waals surface area contributed by atoms with E-state index in [2.05, 4.69) is 75.4 Å². The summed E-state index contributed by atoms with van der Waals surface area (Å²) in [6.45, 7) is 8.94. The van der Waals surface area contributed by atoms with Crippen LogP contribution in [0.1, 0.15) is 112 Å². The van der Waals surface area contributed by atoms with Crippen LogP contribution in [-0.2, 0) is 15.0 Å². The molecule has 292 valence electrons. The van der Waals surface area contributed by atoms with Crippen LogP contribution < -0.4 is 16.5 Å². The average molecular weight is 749 g/mol. The summed E-state index contributed by atoms with van der Waals surface area (Å²) < 4.78 is 5.69. The maximum atomic E-state index is 13.2. The summed E-state index contributed by atoms with van der Waals surface area (Å²) in [6, 6.07) is 28.0. The van der Waals surface area contributed by atoms with Crippen molar-refractivity contribution in [3.05, 3.63) is 128 Å². The van der Waals surface area contributed by atoms with Gasteiger partial charge in [-0.05, 0) is 82.8 Å². The maximum Gasteiger partial charge on any atom is 0.359 e. The number of unbranched alkanes of at least 4 members (excludes halogenated alkanes) is 7. The summed E-state index contributed by atoms with van der Waals surface area (Å²) in [4.78, 5) is 36.3. The van der Waals surface area contributed by atoms with Gasteiger partial charge in [0.05, 0.1) is 17.1 Å². The number of aliphatic hydroxyl groups excluding tert-OH is 1. The smallest absolute Gasteiger partial charge is 0.359 e. The number of aryl methyl sites for hydroxylation is 1. The largest absolute Gasteiger partial charge is 0.512 e. The molecule has 3 N–H and O–H groups in total. The molecule has 1 fully saturated rings. The fourth-order valence-corrected chi connectivity index (χ4v) is 8.15. The van der Waals surface area contributed by atoms with E-state index in [0.717, 1.165) is 58.2 Å². The zero-order valence-electron chi connectivity index (χ0n) is 32.6. The molecule has 10 heteroatoms. The van der Waals surface area contributed by atoms with E-state index >= 15 is 0 Å². The minimum absolute atomic E-state index is 0.0196. The van der Waals surface area contributed by atoms with Gasteiger partial charge in [-0.2, -0.15) is 5.90 Å². The number of ether oxygens (including phenoxy) is 1. The van der Waals surface area contributed by atoms with E-state index in [1.54, 1.807) is 19.9 Å². The molecule has 2 heterocycles. The zero-order valence-corrected chi connectivity index (χ0v) is 32.6. The Morgan fingerprint density at radius 1 is 0.891 bits per heavy atom. The van der Waals surface area contributed by atoms with E-state index in [1.165, 1.54) is 55.0 Å². The number of carbonyl (C=O) groups is 1. The van der Waals surface area contributed by atoms with Crippen molar-refractivity contribution in [1.82, 2.24) is 9.88 Å². The second kappa shape index (κ2) is 20.0. The van der Waals surface area contributed by atoms with Crippen LogP contribution in [0.5, 0.6) is 0 Å². The molecule has 1 aliphatic heterocycles. The number of non-ortho nitro benzene ring substituents is 1. The van der Waals surface area contributed by atoms with Gasteiger partial charge in [-0.1, -0.05) is 111 Å². The number of nitro benzene ring substituents is 1. The van der Waals surface area contributed by atoms with E-state index in [4.69, 9.17) is 10.6 Å². The molecular formula is C45H56N4O6. The predicted octanol–water partition coefficient (Wildman–Crippen LogP) is 8.42. The van der Waals surface area contributed by atoms with Crippen molar-refractivity contribution in [1.29, 1.82) is 0 Å². The van der Waals surface area contributed by atoms with Gasteiger partial charge in [0.25, 0.3) is 5.69 Å². The Kier molecular flexibility index (Phi) is 15.0. The molecule has 0 saturated carbocycles. The number of aliphatic hydroxyl groups is 1. The minimum Gasteiger partial charge on any atom is -0.512 e. The number of carbonyl (C=O) groups excluding carboxylic acids is 1. The van der Waals surface area contributed by atoms with E-state index in [0.29, 0.717) is 35.3 Å². The summed E-state index contributed by atoms with van der Waals surface area (Å²) in [5.74, 6) is 4.91. The van der Waals surface area contributed by atoms with Crippen LogP contribution in [0, 0.1) is 17.0 Å². The quantitative estimate of drug-likeness (QED) is 0.0583. The van der Waals surface area contributed by atoms with Crippen molar-refractivity contribution >= 4 is 23.2 Å². The molecule has 0 amide bonds. The highest BCUT2D eigenvalue weighted by molar-refractivity contribution is 5.98. The highest BCUT2D eigenvalue weighted by Gasteiger charge is 2.37. The Hall–Kier alpha value is -5.06. The van der Waals surface area contributed by atoms with Crippen molar-refractivity contribution < 1.29 is 24.4 Å². The first kappa shape index (κ1) is 41.1. The maximum absolute atomic E-state index is 13.2. The van der Waals surface area contributed by atoms with Gasteiger partial charge < -0.3 is 19.6 Å². The lowest BCUT2D eigenvalue weighted by atomic mass is 9.68. The van der Waals surface area contributed by atoms with Crippen LogP contribution >= 0.6 is 0 Å². The molecule has 5 rings (SSSR count). The van der Waals surface area contributed by atoms with Gasteiger partial charge in [0.15, 0.2) is 0 Å². The van der Waals surface area contributed by atoms with Crippen molar-refractivity contribution in [2.75, 3.05) is 26.2 Å². The molecule has 4 aromatic rings. The molecule has 0 atom stereocenters. The summed E-state index contributed by atoms with van der Waals surface area (Å²) in [5.41, 5.74) is 3.85. The van der Waals surface area contributed by atoms with Crippen molar-refractivity contribution in [2.45, 2.75) is 96.8 Å². The lowest BCUT2D eigenvalue weighted by Gasteiger charge is -2.43. The molecule has 0 radical (unpaired) electrons. The molecule has 0 unspecified atom stereocenters. The molecule has 1 saturated heterocycles. The highest BCUT2D eigenvalue weighted by atomic mass is 16.7. The van der Waals surface area contributed by atoms with Gasteiger partial charge in [-0.25, -0.2) is 9.78 Å². The first-order valence-electron chi connectivity index (χ1n) is 19.8. The van der Waals surface area contributed by atoms with Gasteiger partial charge >= 0.3 is 5.97 Å². The Balaban J connectivity index is 1.14. The number of rotatable bonds is 18. The molecule has 3 aromatic carbocycles. The molecule has 55 heavy (non-hydrogen) atoms. The van der Waals surface area contributed by atoms with Gasteiger partial charge in [0.2, 0.25) is 0 Å². The van der Waals surface area contributed by atoms with Gasteiger partial charge in [-0.15, -0.1) is 0 Å². The zero-order chi connectivity index (χ0) is 39.2. The molecule has 10 nitrogen and oxygen atoms in total. The van der Waals surface area contributed by atoms with Gasteiger partial charge in [0.1, 0.15) is 16.9 Å².